The summed E-state index contributed by atoms with van der Waals surface area (Å²) in [5.74, 6) is -0.103. The van der Waals surface area contributed by atoms with E-state index in [1.807, 2.05) is 12.1 Å². The highest BCUT2D eigenvalue weighted by Gasteiger charge is 2.28. The number of carbonyl (C=O) groups is 1. The van der Waals surface area contributed by atoms with Crippen molar-refractivity contribution >= 4 is 28.4 Å². The van der Waals surface area contributed by atoms with Gasteiger partial charge in [0, 0.05) is 18.2 Å². The van der Waals surface area contributed by atoms with E-state index >= 15 is 0 Å². The first kappa shape index (κ1) is 26.6. The van der Waals surface area contributed by atoms with Crippen LogP contribution in [0.15, 0.2) is 42.2 Å². The van der Waals surface area contributed by atoms with E-state index in [1.165, 1.54) is 26.2 Å². The third-order valence-electron chi connectivity index (χ3n) is 7.06. The molecule has 4 aromatic heterocycles. The molecule has 202 valence electrons. The molecule has 5 rings (SSSR count). The van der Waals surface area contributed by atoms with Crippen LogP contribution in [0.2, 0.25) is 0 Å². The van der Waals surface area contributed by atoms with Crippen molar-refractivity contribution in [2.45, 2.75) is 63.3 Å². The molecular weight excluding hydrogens is 519 g/mol. The van der Waals surface area contributed by atoms with Gasteiger partial charge in [0.05, 0.1) is 52.1 Å². The van der Waals surface area contributed by atoms with Crippen LogP contribution in [0.1, 0.15) is 66.4 Å². The molecule has 0 aliphatic heterocycles. The van der Waals surface area contributed by atoms with Crippen molar-refractivity contribution in [3.05, 3.63) is 58.3 Å². The average Bonchev–Trinajstić information content (AvgIpc) is 3.61. The maximum absolute atomic E-state index is 14.3. The highest BCUT2D eigenvalue weighted by molar-refractivity contribution is 7.09. The molecule has 4 aromatic rings. The third-order valence-corrected chi connectivity index (χ3v) is 7.92. The first-order chi connectivity index (χ1) is 18.7. The molecule has 1 atom stereocenters. The van der Waals surface area contributed by atoms with Crippen molar-refractivity contribution in [1.82, 2.24) is 30.1 Å². The van der Waals surface area contributed by atoms with E-state index in [9.17, 15) is 19.6 Å². The number of rotatable bonds is 8. The van der Waals surface area contributed by atoms with Crippen molar-refractivity contribution in [2.24, 2.45) is 0 Å². The van der Waals surface area contributed by atoms with E-state index in [4.69, 9.17) is 0 Å². The van der Waals surface area contributed by atoms with Crippen molar-refractivity contribution in [1.29, 1.82) is 5.26 Å². The van der Waals surface area contributed by atoms with Gasteiger partial charge in [0.25, 0.3) is 5.91 Å². The molecule has 1 unspecified atom stereocenters. The summed E-state index contributed by atoms with van der Waals surface area (Å²) < 4.78 is 16.0. The molecule has 0 radical (unpaired) electrons. The number of nitrogens with one attached hydrogen (secondary N) is 2. The number of hydrogen-bond donors (Lipinski definition) is 3. The molecule has 1 fully saturated rings. The molecule has 0 bridgehead atoms. The third kappa shape index (κ3) is 5.89. The highest BCUT2D eigenvalue weighted by Crippen LogP contribution is 2.35. The Hall–Kier alpha value is -3.95. The smallest absolute Gasteiger partial charge is 0.255 e. The van der Waals surface area contributed by atoms with Gasteiger partial charge in [-0.25, -0.2) is 8.91 Å². The van der Waals surface area contributed by atoms with Gasteiger partial charge in [-0.15, -0.1) is 21.5 Å². The van der Waals surface area contributed by atoms with E-state index in [0.29, 0.717) is 28.6 Å². The van der Waals surface area contributed by atoms with Crippen LogP contribution in [0, 0.1) is 11.3 Å². The largest absolute Gasteiger partial charge is 0.387 e. The summed E-state index contributed by atoms with van der Waals surface area (Å²) in [6.45, 7) is 2.40. The second-order valence-corrected chi connectivity index (χ2v) is 11.2. The predicted molar refractivity (Wildman–Crippen MR) is 145 cm³/mol. The number of carbonyl (C=O) groups excluding carboxylic acids is 1. The minimum absolute atomic E-state index is 0.127. The predicted octanol–water partition coefficient (Wildman–Crippen LogP) is 4.10. The fourth-order valence-electron chi connectivity index (χ4n) is 4.74. The van der Waals surface area contributed by atoms with E-state index in [2.05, 4.69) is 37.0 Å². The van der Waals surface area contributed by atoms with Gasteiger partial charge in [0.1, 0.15) is 22.8 Å². The van der Waals surface area contributed by atoms with Crippen LogP contribution in [-0.2, 0) is 0 Å². The fraction of sp³-hybridized carbons (Fsp3) is 0.407. The van der Waals surface area contributed by atoms with Gasteiger partial charge in [0.15, 0.2) is 0 Å². The molecular formula is C27H29FN8O2S. The molecule has 0 aromatic carbocycles. The summed E-state index contributed by atoms with van der Waals surface area (Å²) in [5.41, 5.74) is 3.55. The van der Waals surface area contributed by atoms with Gasteiger partial charge in [0.2, 0.25) is 0 Å². The lowest BCUT2D eigenvalue weighted by atomic mass is 9.86. The van der Waals surface area contributed by atoms with Crippen LogP contribution in [0.3, 0.4) is 0 Å². The molecule has 1 amide bonds. The lowest BCUT2D eigenvalue weighted by molar-refractivity contribution is -0.00177. The number of halogens is 1. The van der Waals surface area contributed by atoms with Crippen LogP contribution >= 0.6 is 11.3 Å². The molecule has 1 saturated carbocycles. The van der Waals surface area contributed by atoms with Gasteiger partial charge < -0.3 is 15.7 Å². The number of pyridine rings is 1. The molecule has 4 heterocycles. The number of alkyl halides is 1. The van der Waals surface area contributed by atoms with Crippen LogP contribution in [0.25, 0.3) is 16.9 Å². The minimum atomic E-state index is -1.63. The van der Waals surface area contributed by atoms with Gasteiger partial charge in [-0.1, -0.05) is 0 Å². The van der Waals surface area contributed by atoms with Crippen LogP contribution < -0.4 is 10.6 Å². The second kappa shape index (κ2) is 11.0. The quantitative estimate of drug-likeness (QED) is 0.299. The van der Waals surface area contributed by atoms with Gasteiger partial charge in [-0.2, -0.15) is 10.4 Å². The van der Waals surface area contributed by atoms with Gasteiger partial charge in [-0.3, -0.25) is 9.78 Å². The normalized spacial score (nSPS) is 18.4. The summed E-state index contributed by atoms with van der Waals surface area (Å²) in [6.07, 6.45) is 5.02. The summed E-state index contributed by atoms with van der Waals surface area (Å²) >= 11 is 1.58. The number of aromatic nitrogens is 5. The van der Waals surface area contributed by atoms with Crippen molar-refractivity contribution in [2.75, 3.05) is 11.9 Å². The summed E-state index contributed by atoms with van der Waals surface area (Å²) in [5, 5.41) is 38.8. The van der Waals surface area contributed by atoms with Gasteiger partial charge in [-0.05, 0) is 63.8 Å². The zero-order valence-electron chi connectivity index (χ0n) is 21.6. The Morgan fingerprint density at radius 2 is 2.08 bits per heavy atom. The zero-order valence-corrected chi connectivity index (χ0v) is 22.5. The van der Waals surface area contributed by atoms with E-state index in [-0.39, 0.29) is 18.2 Å². The Kier molecular flexibility index (Phi) is 7.54. The van der Waals surface area contributed by atoms with Crippen LogP contribution in [-0.4, -0.2) is 60.2 Å². The summed E-state index contributed by atoms with van der Waals surface area (Å²) in [7, 11) is 0. The topological polar surface area (TPSA) is 141 Å². The number of fused-ring (bicyclic) bond motifs is 1. The number of nitriles is 1. The molecule has 0 spiro atoms. The number of anilines is 1. The minimum Gasteiger partial charge on any atom is -0.387 e. The van der Waals surface area contributed by atoms with Crippen LogP contribution in [0.5, 0.6) is 0 Å². The number of nitrogens with zero attached hydrogens (tertiary/aromatic N) is 6. The number of aliphatic hydroxyl groups is 1. The van der Waals surface area contributed by atoms with E-state index < -0.39 is 17.7 Å². The maximum atomic E-state index is 14.3. The van der Waals surface area contributed by atoms with Crippen molar-refractivity contribution < 1.29 is 14.3 Å². The Labute approximate surface area is 228 Å². The Balaban J connectivity index is 1.41. The molecule has 12 heteroatoms. The molecule has 1 aliphatic rings. The monoisotopic (exact) mass is 548 g/mol. The van der Waals surface area contributed by atoms with E-state index in [0.717, 1.165) is 36.2 Å². The zero-order chi connectivity index (χ0) is 27.6. The number of hydrogen-bond acceptors (Lipinski definition) is 9. The molecule has 3 N–H and O–H groups in total. The Bertz CT molecular complexity index is 1500. The number of amides is 1. The van der Waals surface area contributed by atoms with Gasteiger partial charge >= 0.3 is 0 Å². The summed E-state index contributed by atoms with van der Waals surface area (Å²) in [4.78, 5) is 17.7. The average molecular weight is 549 g/mol. The van der Waals surface area contributed by atoms with Crippen molar-refractivity contribution in [3.8, 4) is 17.5 Å². The standard InChI is InChI=1S/C27H29FN8O2S/c1-27(2,38)24(28)14-31-25(37)20-13-30-22(23-8-7-19-9-16(11-29)12-33-36(19)23)10-21(20)34-18-5-3-17(4-6-18)26-35-32-15-39-26/h7-10,12-13,15,17-18,24,38H,3-6,14H2,1-2H3,(H,30,34)(H,31,37). The van der Waals surface area contributed by atoms with Crippen molar-refractivity contribution in [3.63, 3.8) is 0 Å². The molecule has 39 heavy (non-hydrogen) atoms. The first-order valence-corrected chi connectivity index (χ1v) is 13.7. The Morgan fingerprint density at radius 1 is 1.28 bits per heavy atom. The van der Waals surface area contributed by atoms with E-state index in [1.54, 1.807) is 33.5 Å². The second-order valence-electron chi connectivity index (χ2n) is 10.3. The first-order valence-electron chi connectivity index (χ1n) is 12.8. The van der Waals surface area contributed by atoms with Crippen LogP contribution in [0.4, 0.5) is 10.1 Å². The lowest BCUT2D eigenvalue weighted by Crippen LogP contribution is -2.42. The summed E-state index contributed by atoms with van der Waals surface area (Å²) in [6, 6.07) is 9.47. The molecule has 1 aliphatic carbocycles. The highest BCUT2D eigenvalue weighted by atomic mass is 32.1. The maximum Gasteiger partial charge on any atom is 0.255 e. The molecule has 10 nitrogen and oxygen atoms in total. The molecule has 0 saturated heterocycles. The lowest BCUT2D eigenvalue weighted by Gasteiger charge is -2.29. The fourth-order valence-corrected chi connectivity index (χ4v) is 5.47. The SMILES string of the molecule is CC(C)(O)C(F)CNC(=O)c1cnc(-c2ccc3cc(C#N)cnn23)cc1NC1CCC(c2nncs2)CC1. The Morgan fingerprint density at radius 3 is 2.77 bits per heavy atom.